The van der Waals surface area contributed by atoms with Crippen LogP contribution in [0.3, 0.4) is 0 Å². The average Bonchev–Trinajstić information content (AvgIpc) is 2.41. The first-order valence-corrected chi connectivity index (χ1v) is 6.65. The average molecular weight is 323 g/mol. The highest BCUT2D eigenvalue weighted by Gasteiger charge is 2.23. The third kappa shape index (κ3) is 2.02. The lowest BCUT2D eigenvalue weighted by atomic mass is 10.1. The van der Waals surface area contributed by atoms with Crippen molar-refractivity contribution < 1.29 is 0 Å². The summed E-state index contributed by atoms with van der Waals surface area (Å²) in [5.41, 5.74) is 1.89. The van der Waals surface area contributed by atoms with Gasteiger partial charge in [0.1, 0.15) is 5.16 Å². The monoisotopic (exact) mass is 321 g/mol. The van der Waals surface area contributed by atoms with Gasteiger partial charge in [0, 0.05) is 28.8 Å². The molecule has 0 N–H and O–H groups in total. The van der Waals surface area contributed by atoms with E-state index >= 15 is 0 Å². The number of hydrogen-bond donors (Lipinski definition) is 0. The number of allylic oxidation sites excluding steroid dienone is 2. The van der Waals surface area contributed by atoms with Gasteiger partial charge in [-0.15, -0.1) is 0 Å². The summed E-state index contributed by atoms with van der Waals surface area (Å²) in [6.07, 6.45) is 4.36. The van der Waals surface area contributed by atoms with Crippen molar-refractivity contribution in [1.29, 1.82) is 0 Å². The quantitative estimate of drug-likeness (QED) is 0.722. The number of halogens is 2. The Hall–Kier alpha value is -1.39. The lowest BCUT2D eigenvalue weighted by Gasteiger charge is -2.26. The normalized spacial score (nSPS) is 18.4. The van der Waals surface area contributed by atoms with Crippen molar-refractivity contribution in [3.8, 4) is 0 Å². The lowest BCUT2D eigenvalue weighted by Crippen LogP contribution is -2.22. The summed E-state index contributed by atoms with van der Waals surface area (Å²) in [5, 5.41) is 6.40. The Labute approximate surface area is 118 Å². The molecule has 2 aliphatic rings. The second-order valence-electron chi connectivity index (χ2n) is 3.87. The minimum absolute atomic E-state index is 0.548. The predicted molar refractivity (Wildman–Crippen MR) is 77.8 cm³/mol. The number of hydrazone groups is 1. The lowest BCUT2D eigenvalue weighted by molar-refractivity contribution is 0.466. The molecule has 2 heterocycles. The minimum Gasteiger partial charge on any atom is -0.228 e. The van der Waals surface area contributed by atoms with E-state index in [1.807, 2.05) is 36.4 Å². The molecule has 0 saturated carbocycles. The zero-order chi connectivity index (χ0) is 12.5. The molecule has 0 amide bonds. The molecule has 3 nitrogen and oxygen atoms in total. The topological polar surface area (TPSA) is 28.0 Å². The Morgan fingerprint density at radius 2 is 2.00 bits per heavy atom. The molecule has 0 bridgehead atoms. The summed E-state index contributed by atoms with van der Waals surface area (Å²) < 4.78 is 0.984. The number of rotatable bonds is 1. The summed E-state index contributed by atoms with van der Waals surface area (Å²) in [6.45, 7) is 0. The van der Waals surface area contributed by atoms with Crippen LogP contribution in [0.2, 0.25) is 0 Å². The Bertz CT molecular complexity index is 602. The Morgan fingerprint density at radius 3 is 2.78 bits per heavy atom. The fourth-order valence-electron chi connectivity index (χ4n) is 1.80. The van der Waals surface area contributed by atoms with Crippen molar-refractivity contribution in [2.45, 2.75) is 6.42 Å². The van der Waals surface area contributed by atoms with Gasteiger partial charge in [-0.3, -0.25) is 0 Å². The van der Waals surface area contributed by atoms with Gasteiger partial charge in [0.15, 0.2) is 5.82 Å². The molecule has 1 aromatic rings. The van der Waals surface area contributed by atoms with Crippen LogP contribution in [0.15, 0.2) is 62.0 Å². The van der Waals surface area contributed by atoms with Crippen molar-refractivity contribution in [3.63, 3.8) is 0 Å². The van der Waals surface area contributed by atoms with Crippen LogP contribution >= 0.6 is 27.5 Å². The molecule has 0 aliphatic carbocycles. The van der Waals surface area contributed by atoms with Crippen molar-refractivity contribution in [2.75, 3.05) is 0 Å². The zero-order valence-corrected chi connectivity index (χ0v) is 11.7. The van der Waals surface area contributed by atoms with Crippen molar-refractivity contribution in [1.82, 2.24) is 5.01 Å². The van der Waals surface area contributed by atoms with Gasteiger partial charge >= 0.3 is 0 Å². The van der Waals surface area contributed by atoms with Gasteiger partial charge in [0.2, 0.25) is 0 Å². The SMILES string of the molecule is ClC1=CC(c2ccccc2)=NC2=C(Br)CC=NN12. The van der Waals surface area contributed by atoms with Gasteiger partial charge in [-0.2, -0.15) is 5.10 Å². The van der Waals surface area contributed by atoms with Crippen LogP contribution in [0.1, 0.15) is 12.0 Å². The van der Waals surface area contributed by atoms with E-state index in [-0.39, 0.29) is 0 Å². The molecule has 0 saturated heterocycles. The van der Waals surface area contributed by atoms with Gasteiger partial charge in [-0.05, 0) is 0 Å². The molecule has 0 radical (unpaired) electrons. The first-order valence-electron chi connectivity index (χ1n) is 5.48. The third-order valence-electron chi connectivity index (χ3n) is 2.66. The number of aliphatic imine (C=N–C) groups is 1. The minimum atomic E-state index is 0.548. The molecular formula is C13H9BrClN3. The standard InChI is InChI=1S/C13H9BrClN3/c14-10-6-7-16-18-12(15)8-11(17-13(10)18)9-4-2-1-3-5-9/h1-5,7-8H,6H2. The van der Waals surface area contributed by atoms with Crippen LogP contribution in [0.4, 0.5) is 0 Å². The largest absolute Gasteiger partial charge is 0.228 e. The zero-order valence-electron chi connectivity index (χ0n) is 9.35. The van der Waals surface area contributed by atoms with E-state index in [0.29, 0.717) is 5.16 Å². The van der Waals surface area contributed by atoms with Crippen molar-refractivity contribution in [3.05, 3.63) is 57.4 Å². The highest BCUT2D eigenvalue weighted by Crippen LogP contribution is 2.32. The molecule has 0 fully saturated rings. The maximum Gasteiger partial charge on any atom is 0.166 e. The Morgan fingerprint density at radius 1 is 1.22 bits per heavy atom. The van der Waals surface area contributed by atoms with E-state index in [0.717, 1.165) is 28.0 Å². The van der Waals surface area contributed by atoms with Gasteiger partial charge in [-0.25, -0.2) is 10.0 Å². The smallest absolute Gasteiger partial charge is 0.166 e. The molecule has 18 heavy (non-hydrogen) atoms. The molecule has 90 valence electrons. The van der Waals surface area contributed by atoms with Crippen LogP contribution in [-0.4, -0.2) is 16.9 Å². The van der Waals surface area contributed by atoms with Crippen LogP contribution in [0.5, 0.6) is 0 Å². The molecule has 0 atom stereocenters. The number of benzene rings is 1. The molecule has 2 aliphatic heterocycles. The fourth-order valence-corrected chi connectivity index (χ4v) is 2.43. The molecule has 0 spiro atoms. The van der Waals surface area contributed by atoms with E-state index in [4.69, 9.17) is 11.6 Å². The summed E-state index contributed by atoms with van der Waals surface area (Å²) in [5.74, 6) is 0.754. The highest BCUT2D eigenvalue weighted by molar-refractivity contribution is 9.11. The van der Waals surface area contributed by atoms with Crippen LogP contribution < -0.4 is 0 Å². The van der Waals surface area contributed by atoms with Crippen molar-refractivity contribution >= 4 is 39.5 Å². The third-order valence-corrected chi connectivity index (χ3v) is 3.61. The van der Waals surface area contributed by atoms with Gasteiger partial charge < -0.3 is 0 Å². The van der Waals surface area contributed by atoms with E-state index < -0.39 is 0 Å². The van der Waals surface area contributed by atoms with Crippen molar-refractivity contribution in [2.24, 2.45) is 10.1 Å². The van der Waals surface area contributed by atoms with Crippen LogP contribution in [0, 0.1) is 0 Å². The van der Waals surface area contributed by atoms with Gasteiger partial charge in [-0.1, -0.05) is 57.9 Å². The number of fused-ring (bicyclic) bond motifs is 1. The second-order valence-corrected chi connectivity index (χ2v) is 5.22. The molecule has 3 rings (SSSR count). The molecule has 5 heteroatoms. The molecule has 1 aromatic carbocycles. The summed E-state index contributed by atoms with van der Waals surface area (Å²) >= 11 is 9.75. The van der Waals surface area contributed by atoms with E-state index in [1.54, 1.807) is 11.2 Å². The first-order chi connectivity index (χ1) is 8.75. The Kier molecular flexibility index (Phi) is 3.06. The fraction of sp³-hybridized carbons (Fsp3) is 0.0769. The van der Waals surface area contributed by atoms with Crippen LogP contribution in [-0.2, 0) is 0 Å². The molecule has 0 unspecified atom stereocenters. The molecule has 0 aromatic heterocycles. The second kappa shape index (κ2) is 4.71. The Balaban J connectivity index is 2.09. The first kappa shape index (κ1) is 11.7. The summed E-state index contributed by atoms with van der Waals surface area (Å²) in [7, 11) is 0. The maximum absolute atomic E-state index is 6.24. The van der Waals surface area contributed by atoms with E-state index in [9.17, 15) is 0 Å². The number of hydrogen-bond acceptors (Lipinski definition) is 3. The number of nitrogens with zero attached hydrogens (tertiary/aromatic N) is 3. The summed E-state index contributed by atoms with van der Waals surface area (Å²) in [6, 6.07) is 9.96. The van der Waals surface area contributed by atoms with Crippen LogP contribution in [0.25, 0.3) is 0 Å². The predicted octanol–water partition coefficient (Wildman–Crippen LogP) is 3.83. The van der Waals surface area contributed by atoms with E-state index in [1.165, 1.54) is 0 Å². The van der Waals surface area contributed by atoms with Gasteiger partial charge in [0.05, 0.1) is 5.71 Å². The maximum atomic E-state index is 6.24. The molecular weight excluding hydrogens is 314 g/mol. The summed E-state index contributed by atoms with van der Waals surface area (Å²) in [4.78, 5) is 4.61. The highest BCUT2D eigenvalue weighted by atomic mass is 79.9. The van der Waals surface area contributed by atoms with E-state index in [2.05, 4.69) is 26.0 Å². The van der Waals surface area contributed by atoms with Gasteiger partial charge in [0.25, 0.3) is 0 Å².